The predicted octanol–water partition coefficient (Wildman–Crippen LogP) is 5.78. The van der Waals surface area contributed by atoms with Gasteiger partial charge in [-0.2, -0.15) is 0 Å². The summed E-state index contributed by atoms with van der Waals surface area (Å²) >= 11 is 1.37. The molecule has 0 radical (unpaired) electrons. The lowest BCUT2D eigenvalue weighted by atomic mass is 9.97. The lowest BCUT2D eigenvalue weighted by molar-refractivity contribution is -0.123. The van der Waals surface area contributed by atoms with Gasteiger partial charge in [0.05, 0.1) is 11.8 Å². The number of anilines is 2. The van der Waals surface area contributed by atoms with Crippen LogP contribution in [-0.4, -0.2) is 23.9 Å². The van der Waals surface area contributed by atoms with Crippen molar-refractivity contribution in [2.45, 2.75) is 58.5 Å². The summed E-state index contributed by atoms with van der Waals surface area (Å²) in [6.07, 6.45) is 3.86. The van der Waals surface area contributed by atoms with Crippen LogP contribution < -0.4 is 10.6 Å². The van der Waals surface area contributed by atoms with E-state index in [1.165, 1.54) is 17.6 Å². The third-order valence-corrected chi connectivity index (χ3v) is 7.32. The Labute approximate surface area is 202 Å². The first kappa shape index (κ1) is 23.8. The Kier molecular flexibility index (Phi) is 7.17. The molecule has 0 saturated heterocycles. The number of fused-ring (bicyclic) bond motifs is 1. The number of para-hydroxylation sites is 1. The van der Waals surface area contributed by atoms with Gasteiger partial charge in [-0.05, 0) is 67.9 Å². The molecule has 3 aromatic rings. The molecule has 2 N–H and O–H groups in total. The predicted molar refractivity (Wildman–Crippen MR) is 132 cm³/mol. The van der Waals surface area contributed by atoms with Gasteiger partial charge >= 0.3 is 5.97 Å². The van der Waals surface area contributed by atoms with Gasteiger partial charge in [0.2, 0.25) is 0 Å². The summed E-state index contributed by atoms with van der Waals surface area (Å²) < 4.78 is 10.7. The van der Waals surface area contributed by atoms with Crippen LogP contribution in [0.2, 0.25) is 0 Å². The topological polar surface area (TPSA) is 97.6 Å². The molecule has 1 aromatic carbocycles. The lowest BCUT2D eigenvalue weighted by Gasteiger charge is -2.18. The zero-order valence-corrected chi connectivity index (χ0v) is 20.3. The van der Waals surface area contributed by atoms with Crippen molar-refractivity contribution in [1.29, 1.82) is 0 Å². The molecule has 0 fully saturated rings. The number of carbonyl (C=O) groups excluding carboxylic acids is 3. The van der Waals surface area contributed by atoms with Crippen LogP contribution in [0.5, 0.6) is 0 Å². The molecule has 7 nitrogen and oxygen atoms in total. The molecule has 8 heteroatoms. The largest absolute Gasteiger partial charge is 0.459 e. The number of rotatable bonds is 8. The molecule has 0 saturated carbocycles. The molecule has 0 aliphatic heterocycles. The number of hydrogen-bond donors (Lipinski definition) is 2. The molecular weight excluding hydrogens is 452 g/mol. The standard InChI is InChI=1S/C26H28N2O5S/c1-4-15(2)17-9-5-6-11-19(17)27-23(29)16(3)33-26(31)22-18-10-7-13-21(18)34-25(22)28-24(30)20-12-8-14-32-20/h5-6,8-9,11-12,14-16H,4,7,10,13H2,1-3H3,(H,27,29)(H,28,30). The number of benzene rings is 1. The smallest absolute Gasteiger partial charge is 0.342 e. The highest BCUT2D eigenvalue weighted by atomic mass is 32.1. The summed E-state index contributed by atoms with van der Waals surface area (Å²) in [7, 11) is 0. The fourth-order valence-corrected chi connectivity index (χ4v) is 5.32. The molecule has 1 aliphatic rings. The van der Waals surface area contributed by atoms with E-state index in [1.807, 2.05) is 24.3 Å². The highest BCUT2D eigenvalue weighted by Gasteiger charge is 2.31. The SMILES string of the molecule is CCC(C)c1ccccc1NC(=O)C(C)OC(=O)c1c(NC(=O)c2ccco2)sc2c1CCC2. The Balaban J connectivity index is 1.49. The van der Waals surface area contributed by atoms with Gasteiger partial charge in [-0.25, -0.2) is 4.79 Å². The molecule has 178 valence electrons. The van der Waals surface area contributed by atoms with Gasteiger partial charge in [0, 0.05) is 10.6 Å². The molecule has 1 aliphatic carbocycles. The number of ether oxygens (including phenoxy) is 1. The first-order valence-corrected chi connectivity index (χ1v) is 12.3. The van der Waals surface area contributed by atoms with Crippen molar-refractivity contribution < 1.29 is 23.5 Å². The number of nitrogens with one attached hydrogen (secondary N) is 2. The third kappa shape index (κ3) is 4.92. The molecule has 2 heterocycles. The minimum atomic E-state index is -1.01. The van der Waals surface area contributed by atoms with E-state index in [1.54, 1.807) is 19.1 Å². The molecule has 0 spiro atoms. The Morgan fingerprint density at radius 3 is 2.62 bits per heavy atom. The quantitative estimate of drug-likeness (QED) is 0.398. The van der Waals surface area contributed by atoms with E-state index in [0.717, 1.165) is 41.7 Å². The van der Waals surface area contributed by atoms with Crippen LogP contribution in [0.3, 0.4) is 0 Å². The summed E-state index contributed by atoms with van der Waals surface area (Å²) in [6, 6.07) is 10.8. The second-order valence-electron chi connectivity index (χ2n) is 8.43. The maximum absolute atomic E-state index is 13.2. The molecule has 2 aromatic heterocycles. The van der Waals surface area contributed by atoms with Crippen LogP contribution in [0, 0.1) is 0 Å². The van der Waals surface area contributed by atoms with E-state index in [2.05, 4.69) is 24.5 Å². The molecule has 4 rings (SSSR count). The second kappa shape index (κ2) is 10.3. The van der Waals surface area contributed by atoms with Gasteiger partial charge in [0.1, 0.15) is 5.00 Å². The number of thiophene rings is 1. The Bertz CT molecular complexity index is 1200. The Hall–Kier alpha value is -3.39. The highest BCUT2D eigenvalue weighted by molar-refractivity contribution is 7.17. The number of furan rings is 1. The normalized spacial score (nSPS) is 14.2. The molecule has 2 amide bonds. The average molecular weight is 481 g/mol. The molecule has 34 heavy (non-hydrogen) atoms. The Morgan fingerprint density at radius 1 is 1.09 bits per heavy atom. The zero-order chi connectivity index (χ0) is 24.2. The van der Waals surface area contributed by atoms with E-state index >= 15 is 0 Å². The van der Waals surface area contributed by atoms with Crippen molar-refractivity contribution in [3.05, 3.63) is 70.0 Å². The van der Waals surface area contributed by atoms with Crippen LogP contribution in [0.4, 0.5) is 10.7 Å². The minimum Gasteiger partial charge on any atom is -0.459 e. The van der Waals surface area contributed by atoms with Crippen molar-refractivity contribution in [3.8, 4) is 0 Å². The summed E-state index contributed by atoms with van der Waals surface area (Å²) in [6.45, 7) is 5.74. The molecular formula is C26H28N2O5S. The second-order valence-corrected chi connectivity index (χ2v) is 9.53. The monoisotopic (exact) mass is 480 g/mol. The number of hydrogen-bond acceptors (Lipinski definition) is 6. The summed E-state index contributed by atoms with van der Waals surface area (Å²) in [5.41, 5.74) is 2.97. The van der Waals surface area contributed by atoms with Gasteiger partial charge < -0.3 is 19.8 Å². The van der Waals surface area contributed by atoms with Gasteiger partial charge in [0.25, 0.3) is 11.8 Å². The van der Waals surface area contributed by atoms with Crippen molar-refractivity contribution in [2.24, 2.45) is 0 Å². The summed E-state index contributed by atoms with van der Waals surface area (Å²) in [4.78, 5) is 39.6. The maximum Gasteiger partial charge on any atom is 0.342 e. The maximum atomic E-state index is 13.2. The number of carbonyl (C=O) groups is 3. The van der Waals surface area contributed by atoms with Crippen LogP contribution >= 0.6 is 11.3 Å². The minimum absolute atomic E-state index is 0.153. The van der Waals surface area contributed by atoms with Crippen LogP contribution in [-0.2, 0) is 22.4 Å². The first-order valence-electron chi connectivity index (χ1n) is 11.5. The van der Waals surface area contributed by atoms with Crippen molar-refractivity contribution in [3.63, 3.8) is 0 Å². The van der Waals surface area contributed by atoms with Crippen molar-refractivity contribution in [2.75, 3.05) is 10.6 Å². The molecule has 2 atom stereocenters. The third-order valence-electron chi connectivity index (χ3n) is 6.11. The van der Waals surface area contributed by atoms with Crippen LogP contribution in [0.1, 0.15) is 76.4 Å². The van der Waals surface area contributed by atoms with E-state index in [4.69, 9.17) is 9.15 Å². The van der Waals surface area contributed by atoms with Gasteiger partial charge in [0.15, 0.2) is 11.9 Å². The fourth-order valence-electron chi connectivity index (χ4n) is 4.05. The Morgan fingerprint density at radius 2 is 1.88 bits per heavy atom. The van der Waals surface area contributed by atoms with E-state index in [0.29, 0.717) is 16.3 Å². The fraction of sp³-hybridized carbons (Fsp3) is 0.346. The van der Waals surface area contributed by atoms with Crippen LogP contribution in [0.25, 0.3) is 0 Å². The van der Waals surface area contributed by atoms with Crippen LogP contribution in [0.15, 0.2) is 47.1 Å². The molecule has 0 bridgehead atoms. The van der Waals surface area contributed by atoms with Gasteiger partial charge in [-0.1, -0.05) is 32.0 Å². The number of esters is 1. The van der Waals surface area contributed by atoms with Gasteiger partial charge in [-0.3, -0.25) is 9.59 Å². The number of aryl methyl sites for hydroxylation is 1. The van der Waals surface area contributed by atoms with E-state index in [-0.39, 0.29) is 11.7 Å². The number of amides is 2. The lowest BCUT2D eigenvalue weighted by Crippen LogP contribution is -2.30. The summed E-state index contributed by atoms with van der Waals surface area (Å²) in [5.74, 6) is -1.03. The molecule has 2 unspecified atom stereocenters. The highest BCUT2D eigenvalue weighted by Crippen LogP contribution is 2.40. The van der Waals surface area contributed by atoms with Crippen molar-refractivity contribution in [1.82, 2.24) is 0 Å². The van der Waals surface area contributed by atoms with Crippen molar-refractivity contribution >= 4 is 39.8 Å². The van der Waals surface area contributed by atoms with E-state index in [9.17, 15) is 14.4 Å². The first-order chi connectivity index (χ1) is 16.4. The summed E-state index contributed by atoms with van der Waals surface area (Å²) in [5, 5.41) is 6.10. The zero-order valence-electron chi connectivity index (χ0n) is 19.5. The average Bonchev–Trinajstić information content (AvgIpc) is 3.56. The van der Waals surface area contributed by atoms with E-state index < -0.39 is 23.9 Å². The van der Waals surface area contributed by atoms with Gasteiger partial charge in [-0.15, -0.1) is 11.3 Å².